The van der Waals surface area contributed by atoms with Gasteiger partial charge in [-0.25, -0.2) is 4.85 Å². The predicted octanol–water partition coefficient (Wildman–Crippen LogP) is 6.17. The molecule has 0 N–H and O–H groups in total. The van der Waals surface area contributed by atoms with Gasteiger partial charge in [-0.1, -0.05) is 24.3 Å². The van der Waals surface area contributed by atoms with Crippen LogP contribution >= 0.6 is 0 Å². The Bertz CT molecular complexity index is 1410. The molecule has 0 saturated carbocycles. The highest BCUT2D eigenvalue weighted by molar-refractivity contribution is 6.13. The van der Waals surface area contributed by atoms with E-state index in [2.05, 4.69) is 4.85 Å². The third kappa shape index (κ3) is 2.37. The molecule has 0 atom stereocenters. The first-order valence-electron chi connectivity index (χ1n) is 10.8. The molecule has 0 aliphatic heterocycles. The van der Waals surface area contributed by atoms with E-state index in [9.17, 15) is 0 Å². The maximum atomic E-state index is 8.85. The van der Waals surface area contributed by atoms with E-state index in [1.165, 1.54) is 0 Å². The minimum atomic E-state index is -2.30. The lowest BCUT2D eigenvalue weighted by atomic mass is 9.97. The quantitative estimate of drug-likeness (QED) is 0.294. The maximum Gasteiger partial charge on any atom is 0.232 e. The molecule has 134 valence electrons. The Morgan fingerprint density at radius 2 is 1.67 bits per heavy atom. The van der Waals surface area contributed by atoms with Crippen molar-refractivity contribution in [3.8, 4) is 11.3 Å². The van der Waals surface area contributed by atoms with Gasteiger partial charge in [-0.3, -0.25) is 0 Å². The van der Waals surface area contributed by atoms with E-state index in [0.717, 1.165) is 27.5 Å². The number of pyridine rings is 1. The molecule has 2 aromatic carbocycles. The van der Waals surface area contributed by atoms with Gasteiger partial charge in [0.05, 0.1) is 13.5 Å². The van der Waals surface area contributed by atoms with Gasteiger partial charge in [0.2, 0.25) is 11.4 Å². The highest BCUT2D eigenvalue weighted by Crippen LogP contribution is 2.41. The molecule has 4 rings (SSSR count). The van der Waals surface area contributed by atoms with Crippen LogP contribution in [0.2, 0.25) is 0 Å². The Balaban J connectivity index is 2.19. The topological polar surface area (TPSA) is 21.4 Å². The minimum Gasteiger partial charge on any atom is -0.466 e. The summed E-state index contributed by atoms with van der Waals surface area (Å²) in [6.07, 6.45) is 0. The van der Waals surface area contributed by atoms with Crippen molar-refractivity contribution in [3.63, 3.8) is 0 Å². The number of benzene rings is 2. The van der Waals surface area contributed by atoms with Crippen LogP contribution in [0.3, 0.4) is 0 Å². The lowest BCUT2D eigenvalue weighted by Crippen LogP contribution is -2.36. The van der Waals surface area contributed by atoms with Crippen molar-refractivity contribution in [1.29, 1.82) is 0 Å². The van der Waals surface area contributed by atoms with Gasteiger partial charge in [0.15, 0.2) is 5.69 Å². The van der Waals surface area contributed by atoms with Crippen LogP contribution in [0.25, 0.3) is 38.0 Å². The van der Waals surface area contributed by atoms with Crippen molar-refractivity contribution in [1.82, 2.24) is 0 Å². The Morgan fingerprint density at radius 3 is 2.33 bits per heavy atom. The summed E-state index contributed by atoms with van der Waals surface area (Å²) in [6, 6.07) is 7.99. The van der Waals surface area contributed by atoms with Crippen molar-refractivity contribution < 1.29 is 14.5 Å². The highest BCUT2D eigenvalue weighted by Gasteiger charge is 2.24. The van der Waals surface area contributed by atoms with Crippen LogP contribution in [0.5, 0.6) is 0 Å². The molecule has 4 aromatic rings. The Hall–Kier alpha value is -3.12. The molecule has 3 heteroatoms. The monoisotopic (exact) mass is 359 g/mol. The summed E-state index contributed by atoms with van der Waals surface area (Å²) in [4.78, 5) is 3.67. The molecular weight excluding hydrogens is 332 g/mol. The molecular formula is C24H23N2O+. The number of aromatic nitrogens is 1. The second-order valence-corrected chi connectivity index (χ2v) is 7.07. The first-order valence-corrected chi connectivity index (χ1v) is 8.82. The van der Waals surface area contributed by atoms with Gasteiger partial charge >= 0.3 is 0 Å². The third-order valence-electron chi connectivity index (χ3n) is 5.42. The van der Waals surface area contributed by atoms with E-state index in [4.69, 9.17) is 16.5 Å². The van der Waals surface area contributed by atoms with Crippen LogP contribution in [0.15, 0.2) is 34.7 Å². The van der Waals surface area contributed by atoms with Crippen LogP contribution in [-0.4, -0.2) is 0 Å². The van der Waals surface area contributed by atoms with E-state index in [-0.39, 0.29) is 11.6 Å². The fourth-order valence-electron chi connectivity index (χ4n) is 3.68. The van der Waals surface area contributed by atoms with E-state index >= 15 is 0 Å². The minimum absolute atomic E-state index is 0.164. The van der Waals surface area contributed by atoms with Crippen molar-refractivity contribution in [3.05, 3.63) is 69.7 Å². The Morgan fingerprint density at radius 1 is 1.00 bits per heavy atom. The summed E-state index contributed by atoms with van der Waals surface area (Å²) in [5, 5.41) is 1.73. The first-order chi connectivity index (χ1) is 14.5. The summed E-state index contributed by atoms with van der Waals surface area (Å²) < 4.78 is 40.7. The molecule has 0 fully saturated rings. The molecule has 0 aliphatic rings. The highest BCUT2D eigenvalue weighted by atomic mass is 16.3. The summed E-state index contributed by atoms with van der Waals surface area (Å²) in [5.74, 6) is 0. The standard InChI is InChI=1S/C24H23N2O/c1-13-8-10-18-19-11-9-14(2)22(25-6)24(19)27-23(18)21(13)20-12-15(3)16(4)17(5)26(20)7/h8-12H,1-5,7H3/q+1/i4D3,12D. The Kier molecular flexibility index (Phi) is 2.89. The number of hydrogen-bond acceptors (Lipinski definition) is 1. The fourth-order valence-corrected chi connectivity index (χ4v) is 3.68. The number of nitrogens with zero attached hydrogens (tertiary/aromatic N) is 2. The molecule has 0 amide bonds. The molecule has 0 bridgehead atoms. The van der Waals surface area contributed by atoms with Gasteiger partial charge < -0.3 is 4.42 Å². The van der Waals surface area contributed by atoms with Crippen LogP contribution in [0.1, 0.15) is 33.4 Å². The summed E-state index contributed by atoms with van der Waals surface area (Å²) in [7, 11) is 1.78. The summed E-state index contributed by atoms with van der Waals surface area (Å²) >= 11 is 0. The molecule has 2 aromatic heterocycles. The lowest BCUT2D eigenvalue weighted by molar-refractivity contribution is -0.667. The van der Waals surface area contributed by atoms with Gasteiger partial charge in [-0.15, -0.1) is 0 Å². The van der Waals surface area contributed by atoms with Gasteiger partial charge in [-0.2, -0.15) is 4.57 Å². The van der Waals surface area contributed by atoms with Gasteiger partial charge in [0.1, 0.15) is 18.2 Å². The van der Waals surface area contributed by atoms with Gasteiger partial charge in [-0.05, 0) is 44.3 Å². The van der Waals surface area contributed by atoms with Crippen LogP contribution in [-0.2, 0) is 7.05 Å². The van der Waals surface area contributed by atoms with Gasteiger partial charge in [0.25, 0.3) is 0 Å². The SMILES string of the molecule is [2H]c1c(C)c(C([2H])([2H])[2H])c(C)[n+](C)c1-c1c(C)ccc2c1oc1c([N+]#[C-])c(C)ccc12. The van der Waals surface area contributed by atoms with E-state index < -0.39 is 6.85 Å². The van der Waals surface area contributed by atoms with E-state index in [1.54, 1.807) is 25.5 Å². The number of rotatable bonds is 1. The number of aryl methyl sites for hydroxylation is 2. The summed E-state index contributed by atoms with van der Waals surface area (Å²) in [5.41, 5.74) is 5.99. The fraction of sp³-hybridized carbons (Fsp3) is 0.250. The molecule has 0 unspecified atom stereocenters. The van der Waals surface area contributed by atoms with Crippen molar-refractivity contribution >= 4 is 27.6 Å². The molecule has 0 aliphatic carbocycles. The average molecular weight is 359 g/mol. The van der Waals surface area contributed by atoms with Gasteiger partial charge in [0, 0.05) is 33.4 Å². The van der Waals surface area contributed by atoms with Crippen molar-refractivity contribution in [2.24, 2.45) is 7.05 Å². The third-order valence-corrected chi connectivity index (χ3v) is 5.42. The zero-order valence-electron chi connectivity index (χ0n) is 20.1. The predicted molar refractivity (Wildman–Crippen MR) is 110 cm³/mol. The normalized spacial score (nSPS) is 13.9. The Labute approximate surface area is 165 Å². The van der Waals surface area contributed by atoms with Crippen molar-refractivity contribution in [2.75, 3.05) is 0 Å². The molecule has 0 spiro atoms. The largest absolute Gasteiger partial charge is 0.466 e. The first kappa shape index (κ1) is 13.1. The zero-order valence-corrected chi connectivity index (χ0v) is 16.1. The van der Waals surface area contributed by atoms with Crippen LogP contribution < -0.4 is 4.57 Å². The zero-order chi connectivity index (χ0) is 22.8. The second-order valence-electron chi connectivity index (χ2n) is 7.07. The maximum absolute atomic E-state index is 8.85. The molecule has 0 saturated heterocycles. The number of fused-ring (bicyclic) bond motifs is 3. The van der Waals surface area contributed by atoms with Crippen molar-refractivity contribution in [2.45, 2.75) is 34.5 Å². The molecule has 27 heavy (non-hydrogen) atoms. The average Bonchev–Trinajstić information content (AvgIpc) is 3.05. The molecule has 2 heterocycles. The lowest BCUT2D eigenvalue weighted by Gasteiger charge is -2.10. The number of hydrogen-bond donors (Lipinski definition) is 0. The van der Waals surface area contributed by atoms with Crippen LogP contribution in [0, 0.1) is 41.1 Å². The van der Waals surface area contributed by atoms with E-state index in [0.29, 0.717) is 33.8 Å². The smallest absolute Gasteiger partial charge is 0.232 e. The van der Waals surface area contributed by atoms with E-state index in [1.807, 2.05) is 38.1 Å². The summed E-state index contributed by atoms with van der Waals surface area (Å²) in [6.45, 7) is 12.6. The van der Waals surface area contributed by atoms with Crippen LogP contribution in [0.4, 0.5) is 5.69 Å². The number of furan rings is 1. The molecule has 3 nitrogen and oxygen atoms in total. The second kappa shape index (κ2) is 5.96. The molecule has 0 radical (unpaired) electrons.